The van der Waals surface area contributed by atoms with Crippen molar-refractivity contribution in [2.75, 3.05) is 6.54 Å². The fourth-order valence-corrected chi connectivity index (χ4v) is 3.42. The van der Waals surface area contributed by atoms with E-state index in [9.17, 15) is 18.0 Å². The molecule has 1 amide bonds. The summed E-state index contributed by atoms with van der Waals surface area (Å²) in [5.41, 5.74) is 1.05. The summed E-state index contributed by atoms with van der Waals surface area (Å²) in [6.07, 6.45) is -3.19. The van der Waals surface area contributed by atoms with Gasteiger partial charge in [-0.3, -0.25) is 9.36 Å². The number of nitrogens with one attached hydrogen (secondary N) is 1. The Labute approximate surface area is 169 Å². The third kappa shape index (κ3) is 5.35. The van der Waals surface area contributed by atoms with Gasteiger partial charge in [0, 0.05) is 31.8 Å². The molecule has 0 radical (unpaired) electrons. The highest BCUT2D eigenvalue weighted by molar-refractivity contribution is 7.99. The van der Waals surface area contributed by atoms with Gasteiger partial charge < -0.3 is 5.32 Å². The van der Waals surface area contributed by atoms with Crippen LogP contribution in [0.25, 0.3) is 5.69 Å². The van der Waals surface area contributed by atoms with Crippen LogP contribution in [-0.2, 0) is 17.4 Å². The predicted octanol–water partition coefficient (Wildman–Crippen LogP) is 3.82. The Morgan fingerprint density at radius 1 is 1.21 bits per heavy atom. The van der Waals surface area contributed by atoms with Crippen molar-refractivity contribution in [1.29, 1.82) is 0 Å². The highest BCUT2D eigenvalue weighted by Crippen LogP contribution is 2.32. The number of aromatic nitrogens is 4. The molecule has 152 valence electrons. The zero-order valence-electron chi connectivity index (χ0n) is 15.7. The van der Waals surface area contributed by atoms with E-state index in [0.29, 0.717) is 29.0 Å². The maximum absolute atomic E-state index is 12.7. The number of halogens is 3. The summed E-state index contributed by atoms with van der Waals surface area (Å²) in [6.45, 7) is 3.78. The smallest absolute Gasteiger partial charge is 0.356 e. The highest BCUT2D eigenvalue weighted by atomic mass is 32.2. The Kier molecular flexibility index (Phi) is 6.21. The van der Waals surface area contributed by atoms with Crippen molar-refractivity contribution < 1.29 is 18.0 Å². The quantitative estimate of drug-likeness (QED) is 0.655. The Bertz CT molecular complexity index is 1000. The summed E-state index contributed by atoms with van der Waals surface area (Å²) in [7, 11) is 0. The molecule has 0 unspecified atom stereocenters. The van der Waals surface area contributed by atoms with Crippen molar-refractivity contribution in [3.63, 3.8) is 0 Å². The zero-order valence-corrected chi connectivity index (χ0v) is 16.5. The Hall–Kier alpha value is -2.88. The van der Waals surface area contributed by atoms with E-state index >= 15 is 0 Å². The summed E-state index contributed by atoms with van der Waals surface area (Å²) in [6, 6.07) is 9.99. The van der Waals surface area contributed by atoms with Crippen LogP contribution in [0.2, 0.25) is 0 Å². The first kappa shape index (κ1) is 20.8. The fraction of sp³-hybridized carbons (Fsp3) is 0.263. The number of pyridine rings is 1. The molecule has 1 N–H and O–H groups in total. The molecule has 0 aliphatic rings. The van der Waals surface area contributed by atoms with Crippen LogP contribution in [-0.4, -0.2) is 32.2 Å². The Morgan fingerprint density at radius 3 is 2.62 bits per heavy atom. The van der Waals surface area contributed by atoms with Gasteiger partial charge in [-0.2, -0.15) is 13.2 Å². The van der Waals surface area contributed by atoms with Crippen LogP contribution in [0.4, 0.5) is 13.2 Å². The number of carbonyl (C=O) groups is 1. The number of carbonyl (C=O) groups excluding carboxylic acids is 1. The first-order chi connectivity index (χ1) is 13.7. The molecule has 3 aromatic rings. The van der Waals surface area contributed by atoms with E-state index in [4.69, 9.17) is 0 Å². The number of rotatable bonds is 6. The summed E-state index contributed by atoms with van der Waals surface area (Å²) in [5.74, 6) is 0.480. The molecular weight excluding hydrogens is 403 g/mol. The minimum Gasteiger partial charge on any atom is -0.356 e. The van der Waals surface area contributed by atoms with Crippen LogP contribution in [0.3, 0.4) is 0 Å². The average Bonchev–Trinajstić information content (AvgIpc) is 3.03. The molecule has 29 heavy (non-hydrogen) atoms. The van der Waals surface area contributed by atoms with Crippen molar-refractivity contribution >= 4 is 17.7 Å². The number of hydrogen-bond donors (Lipinski definition) is 1. The molecule has 2 aromatic heterocycles. The van der Waals surface area contributed by atoms with Crippen LogP contribution >= 0.6 is 11.8 Å². The molecule has 0 aliphatic heterocycles. The fourth-order valence-electron chi connectivity index (χ4n) is 2.61. The monoisotopic (exact) mass is 421 g/mol. The topological polar surface area (TPSA) is 72.7 Å². The van der Waals surface area contributed by atoms with Crippen LogP contribution in [0.1, 0.15) is 23.9 Å². The molecular formula is C19H18F3N5OS. The molecule has 0 atom stereocenters. The first-order valence-corrected chi connectivity index (χ1v) is 9.52. The minimum atomic E-state index is -4.44. The number of nitrogens with zero attached hydrogens (tertiary/aromatic N) is 4. The molecule has 0 spiro atoms. The van der Waals surface area contributed by atoms with Gasteiger partial charge in [-0.1, -0.05) is 12.1 Å². The van der Waals surface area contributed by atoms with Crippen molar-refractivity contribution in [3.8, 4) is 5.69 Å². The number of amides is 1. The normalized spacial score (nSPS) is 11.5. The number of benzene rings is 1. The van der Waals surface area contributed by atoms with Crippen LogP contribution in [0.15, 0.2) is 52.8 Å². The second-order valence-electron chi connectivity index (χ2n) is 6.29. The van der Waals surface area contributed by atoms with E-state index in [1.807, 2.05) is 35.8 Å². The molecule has 6 nitrogen and oxygen atoms in total. The predicted molar refractivity (Wildman–Crippen MR) is 102 cm³/mol. The maximum atomic E-state index is 12.7. The summed E-state index contributed by atoms with van der Waals surface area (Å²) >= 11 is 1.12. The van der Waals surface area contributed by atoms with Gasteiger partial charge in [0.15, 0.2) is 0 Å². The second kappa shape index (κ2) is 8.64. The van der Waals surface area contributed by atoms with Crippen LogP contribution in [0, 0.1) is 6.92 Å². The molecule has 1 aromatic carbocycles. The van der Waals surface area contributed by atoms with E-state index in [1.54, 1.807) is 0 Å². The maximum Gasteiger partial charge on any atom is 0.417 e. The molecule has 0 saturated carbocycles. The van der Waals surface area contributed by atoms with Crippen molar-refractivity contribution in [2.45, 2.75) is 36.6 Å². The van der Waals surface area contributed by atoms with Gasteiger partial charge in [0.25, 0.3) is 0 Å². The number of alkyl halides is 3. The van der Waals surface area contributed by atoms with Gasteiger partial charge in [-0.25, -0.2) is 4.98 Å². The lowest BCUT2D eigenvalue weighted by Crippen LogP contribution is -2.23. The largest absolute Gasteiger partial charge is 0.417 e. The highest BCUT2D eigenvalue weighted by Gasteiger charge is 2.30. The molecule has 3 rings (SSSR count). The summed E-state index contributed by atoms with van der Waals surface area (Å²) in [5, 5.41) is 12.0. The van der Waals surface area contributed by atoms with E-state index in [2.05, 4.69) is 20.5 Å². The van der Waals surface area contributed by atoms with E-state index in [1.165, 1.54) is 13.0 Å². The van der Waals surface area contributed by atoms with Gasteiger partial charge in [-0.05, 0) is 48.5 Å². The SMILES string of the molecule is CC(=O)NCCc1nnc(Sc2ccc(C(F)(F)F)cn2)n1-c1cccc(C)c1. The van der Waals surface area contributed by atoms with Crippen molar-refractivity contribution in [3.05, 3.63) is 59.5 Å². The standard InChI is InChI=1S/C19H18F3N5OS/c1-12-4-3-5-15(10-12)27-16(8-9-23-13(2)28)25-26-18(27)29-17-7-6-14(11-24-17)19(20,21)22/h3-7,10-11H,8-9H2,1-2H3,(H,23,28). The van der Waals surface area contributed by atoms with Gasteiger partial charge in [0.2, 0.25) is 11.1 Å². The van der Waals surface area contributed by atoms with Crippen LogP contribution < -0.4 is 5.32 Å². The molecule has 0 aliphatic carbocycles. The van der Waals surface area contributed by atoms with Gasteiger partial charge in [-0.15, -0.1) is 10.2 Å². The van der Waals surface area contributed by atoms with Crippen molar-refractivity contribution in [2.24, 2.45) is 0 Å². The lowest BCUT2D eigenvalue weighted by Gasteiger charge is -2.11. The first-order valence-electron chi connectivity index (χ1n) is 8.71. The Morgan fingerprint density at radius 2 is 2.00 bits per heavy atom. The molecule has 2 heterocycles. The lowest BCUT2D eigenvalue weighted by atomic mass is 10.2. The second-order valence-corrected chi connectivity index (χ2v) is 7.28. The van der Waals surface area contributed by atoms with Crippen LogP contribution in [0.5, 0.6) is 0 Å². The minimum absolute atomic E-state index is 0.143. The lowest BCUT2D eigenvalue weighted by molar-refractivity contribution is -0.137. The number of aryl methyl sites for hydroxylation is 1. The zero-order chi connectivity index (χ0) is 21.0. The van der Waals surface area contributed by atoms with Gasteiger partial charge >= 0.3 is 6.18 Å². The Balaban J connectivity index is 1.91. The summed E-state index contributed by atoms with van der Waals surface area (Å²) < 4.78 is 40.1. The number of hydrogen-bond acceptors (Lipinski definition) is 5. The summed E-state index contributed by atoms with van der Waals surface area (Å²) in [4.78, 5) is 15.0. The molecule has 0 saturated heterocycles. The third-order valence-electron chi connectivity index (χ3n) is 3.94. The third-order valence-corrected chi connectivity index (χ3v) is 4.84. The van der Waals surface area contributed by atoms with Gasteiger partial charge in [0.1, 0.15) is 10.9 Å². The van der Waals surface area contributed by atoms with E-state index in [0.717, 1.165) is 35.3 Å². The van der Waals surface area contributed by atoms with E-state index < -0.39 is 11.7 Å². The average molecular weight is 421 g/mol. The van der Waals surface area contributed by atoms with E-state index in [-0.39, 0.29) is 5.91 Å². The molecule has 0 bridgehead atoms. The van der Waals surface area contributed by atoms with Crippen molar-refractivity contribution in [1.82, 2.24) is 25.1 Å². The molecule has 0 fully saturated rings. The molecule has 10 heteroatoms. The van der Waals surface area contributed by atoms with Gasteiger partial charge in [0.05, 0.1) is 5.56 Å².